The van der Waals surface area contributed by atoms with Crippen molar-refractivity contribution in [2.75, 3.05) is 23.0 Å². The van der Waals surface area contributed by atoms with Crippen LogP contribution in [0.3, 0.4) is 0 Å². The van der Waals surface area contributed by atoms with E-state index in [-0.39, 0.29) is 0 Å². The zero-order valence-corrected chi connectivity index (χ0v) is 17.1. The summed E-state index contributed by atoms with van der Waals surface area (Å²) in [6.07, 6.45) is 15.2. The van der Waals surface area contributed by atoms with Crippen LogP contribution in [-0.4, -0.2) is 35.2 Å². The molecule has 2 fully saturated rings. The molecule has 0 aromatic carbocycles. The van der Waals surface area contributed by atoms with Gasteiger partial charge in [-0.05, 0) is 60.5 Å². The standard InChI is InChI=1S/C20H38OS2/c1-3-5-7-9-11-22-15-17-13-19-20(21-19)14-18(17)16-23-12-10-8-6-4-2/h17-20H,3-16H2,1-2H3. The topological polar surface area (TPSA) is 12.5 Å². The second-order valence-electron chi connectivity index (χ2n) is 7.48. The van der Waals surface area contributed by atoms with Crippen LogP contribution in [-0.2, 0) is 4.74 Å². The molecule has 0 aromatic heterocycles. The minimum atomic E-state index is 0.645. The van der Waals surface area contributed by atoms with E-state index in [1.807, 2.05) is 0 Å². The molecule has 1 aliphatic heterocycles. The smallest absolute Gasteiger partial charge is 0.0845 e. The first-order chi connectivity index (χ1) is 11.3. The minimum Gasteiger partial charge on any atom is -0.370 e. The maximum atomic E-state index is 5.84. The van der Waals surface area contributed by atoms with Crippen molar-refractivity contribution in [3.8, 4) is 0 Å². The second-order valence-corrected chi connectivity index (χ2v) is 9.78. The Balaban J connectivity index is 1.56. The molecule has 1 nitrogen and oxygen atoms in total. The van der Waals surface area contributed by atoms with Crippen molar-refractivity contribution in [3.05, 3.63) is 0 Å². The quantitative estimate of drug-likeness (QED) is 0.263. The van der Waals surface area contributed by atoms with Crippen LogP contribution in [0.2, 0.25) is 0 Å². The summed E-state index contributed by atoms with van der Waals surface area (Å²) in [7, 11) is 0. The lowest BCUT2D eigenvalue weighted by molar-refractivity contribution is 0.320. The van der Waals surface area contributed by atoms with Gasteiger partial charge in [0.05, 0.1) is 12.2 Å². The molecule has 136 valence electrons. The Bertz CT molecular complexity index is 269. The average molecular weight is 359 g/mol. The Hall–Kier alpha value is 0.660. The molecule has 0 aromatic rings. The molecule has 0 radical (unpaired) electrons. The van der Waals surface area contributed by atoms with Crippen LogP contribution in [0, 0.1) is 11.8 Å². The van der Waals surface area contributed by atoms with Crippen LogP contribution in [0.25, 0.3) is 0 Å². The molecule has 0 N–H and O–H groups in total. The Labute approximate surface area is 153 Å². The van der Waals surface area contributed by atoms with Crippen LogP contribution < -0.4 is 0 Å². The third-order valence-corrected chi connectivity index (χ3v) is 7.86. The van der Waals surface area contributed by atoms with Gasteiger partial charge in [-0.25, -0.2) is 0 Å². The highest BCUT2D eigenvalue weighted by Crippen LogP contribution is 2.45. The molecule has 1 saturated heterocycles. The lowest BCUT2D eigenvalue weighted by Crippen LogP contribution is -2.28. The first-order valence-electron chi connectivity index (χ1n) is 10.2. The average Bonchev–Trinajstić information content (AvgIpc) is 3.32. The first-order valence-corrected chi connectivity index (χ1v) is 12.5. The molecule has 0 bridgehead atoms. The van der Waals surface area contributed by atoms with E-state index >= 15 is 0 Å². The summed E-state index contributed by atoms with van der Waals surface area (Å²) in [5, 5.41) is 0. The zero-order valence-electron chi connectivity index (χ0n) is 15.4. The van der Waals surface area contributed by atoms with Gasteiger partial charge >= 0.3 is 0 Å². The van der Waals surface area contributed by atoms with E-state index in [1.54, 1.807) is 0 Å². The van der Waals surface area contributed by atoms with E-state index < -0.39 is 0 Å². The van der Waals surface area contributed by atoms with Gasteiger partial charge < -0.3 is 4.74 Å². The highest BCUT2D eigenvalue weighted by atomic mass is 32.2. The minimum absolute atomic E-state index is 0.645. The predicted molar refractivity (Wildman–Crippen MR) is 108 cm³/mol. The Morgan fingerprint density at radius 3 is 1.61 bits per heavy atom. The number of rotatable bonds is 14. The highest BCUT2D eigenvalue weighted by molar-refractivity contribution is 7.99. The van der Waals surface area contributed by atoms with E-state index in [0.717, 1.165) is 11.8 Å². The molecule has 3 heteroatoms. The van der Waals surface area contributed by atoms with Gasteiger partial charge in [-0.2, -0.15) is 23.5 Å². The largest absolute Gasteiger partial charge is 0.370 e. The summed E-state index contributed by atoms with van der Waals surface area (Å²) < 4.78 is 5.84. The molecule has 1 heterocycles. The van der Waals surface area contributed by atoms with Crippen molar-refractivity contribution in [1.29, 1.82) is 0 Å². The summed E-state index contributed by atoms with van der Waals surface area (Å²) in [5.41, 5.74) is 0. The van der Waals surface area contributed by atoms with Crippen LogP contribution in [0.1, 0.15) is 78.1 Å². The fourth-order valence-electron chi connectivity index (χ4n) is 3.71. The lowest BCUT2D eigenvalue weighted by Gasteiger charge is -2.29. The van der Waals surface area contributed by atoms with Crippen LogP contribution in [0.5, 0.6) is 0 Å². The van der Waals surface area contributed by atoms with Crippen molar-refractivity contribution >= 4 is 23.5 Å². The van der Waals surface area contributed by atoms with Crippen molar-refractivity contribution in [1.82, 2.24) is 0 Å². The molecular formula is C20H38OS2. The highest BCUT2D eigenvalue weighted by Gasteiger charge is 2.47. The third kappa shape index (κ3) is 8.05. The van der Waals surface area contributed by atoms with Gasteiger partial charge in [0.15, 0.2) is 0 Å². The lowest BCUT2D eigenvalue weighted by atomic mass is 9.81. The van der Waals surface area contributed by atoms with Crippen molar-refractivity contribution < 1.29 is 4.74 Å². The van der Waals surface area contributed by atoms with E-state index in [4.69, 9.17) is 4.74 Å². The fraction of sp³-hybridized carbons (Fsp3) is 1.00. The molecule has 1 aliphatic carbocycles. The van der Waals surface area contributed by atoms with Crippen LogP contribution in [0.15, 0.2) is 0 Å². The van der Waals surface area contributed by atoms with Gasteiger partial charge in [0.1, 0.15) is 0 Å². The number of hydrogen-bond donors (Lipinski definition) is 0. The summed E-state index contributed by atoms with van der Waals surface area (Å²) >= 11 is 4.44. The maximum absolute atomic E-state index is 5.84. The predicted octanol–water partition coefficient (Wildman–Crippen LogP) is 6.41. The maximum Gasteiger partial charge on any atom is 0.0845 e. The molecule has 23 heavy (non-hydrogen) atoms. The fourth-order valence-corrected chi connectivity index (χ4v) is 6.29. The summed E-state index contributed by atoms with van der Waals surface area (Å²) in [6, 6.07) is 0. The monoisotopic (exact) mass is 358 g/mol. The molecule has 0 spiro atoms. The molecule has 2 aliphatic rings. The van der Waals surface area contributed by atoms with Crippen molar-refractivity contribution in [2.24, 2.45) is 11.8 Å². The Kier molecular flexibility index (Phi) is 10.5. The van der Waals surface area contributed by atoms with Crippen molar-refractivity contribution in [2.45, 2.75) is 90.3 Å². The van der Waals surface area contributed by atoms with Crippen LogP contribution >= 0.6 is 23.5 Å². The molecule has 0 amide bonds. The number of hydrogen-bond acceptors (Lipinski definition) is 3. The zero-order chi connectivity index (χ0) is 16.3. The third-order valence-electron chi connectivity index (χ3n) is 5.37. The van der Waals surface area contributed by atoms with Crippen molar-refractivity contribution in [3.63, 3.8) is 0 Å². The van der Waals surface area contributed by atoms with E-state index in [0.29, 0.717) is 12.2 Å². The normalized spacial score (nSPS) is 29.5. The Morgan fingerprint density at radius 1 is 0.696 bits per heavy atom. The van der Waals surface area contributed by atoms with Gasteiger partial charge in [-0.1, -0.05) is 52.4 Å². The molecule has 1 saturated carbocycles. The molecular weight excluding hydrogens is 320 g/mol. The van der Waals surface area contributed by atoms with E-state index in [2.05, 4.69) is 37.4 Å². The molecule has 4 atom stereocenters. The summed E-state index contributed by atoms with van der Waals surface area (Å²) in [6.45, 7) is 4.59. The van der Waals surface area contributed by atoms with Gasteiger partial charge in [0, 0.05) is 0 Å². The van der Waals surface area contributed by atoms with E-state index in [9.17, 15) is 0 Å². The summed E-state index contributed by atoms with van der Waals surface area (Å²) in [4.78, 5) is 0. The van der Waals surface area contributed by atoms with Gasteiger partial charge in [-0.15, -0.1) is 0 Å². The van der Waals surface area contributed by atoms with Crippen LogP contribution in [0.4, 0.5) is 0 Å². The number of ether oxygens (including phenoxy) is 1. The molecule has 2 rings (SSSR count). The second kappa shape index (κ2) is 12.1. The SMILES string of the molecule is CCCCCCSCC1CC2OC2CC1CSCCCCCC. The van der Waals surface area contributed by atoms with E-state index in [1.165, 1.54) is 87.2 Å². The number of epoxide rings is 1. The number of unbranched alkanes of at least 4 members (excludes halogenated alkanes) is 6. The van der Waals surface area contributed by atoms with Gasteiger partial charge in [0.2, 0.25) is 0 Å². The van der Waals surface area contributed by atoms with Gasteiger partial charge in [0.25, 0.3) is 0 Å². The van der Waals surface area contributed by atoms with Gasteiger partial charge in [-0.3, -0.25) is 0 Å². The number of fused-ring (bicyclic) bond motifs is 1. The number of thioether (sulfide) groups is 2. The first kappa shape index (κ1) is 20.0. The Morgan fingerprint density at radius 2 is 1.17 bits per heavy atom. The molecule has 4 unspecified atom stereocenters. The summed E-state index contributed by atoms with van der Waals surface area (Å²) in [5.74, 6) is 7.39.